The topological polar surface area (TPSA) is 58.6 Å². The molecule has 2 aromatic carbocycles. The lowest BCUT2D eigenvalue weighted by Gasteiger charge is -2.19. The van der Waals surface area contributed by atoms with Gasteiger partial charge in [0.1, 0.15) is 6.04 Å². The second-order valence-corrected chi connectivity index (χ2v) is 5.19. The SMILES string of the molecule is COC(=O)C(NCc1ccc(-c2ccccc2)cc1)C(C)O. The average molecular weight is 299 g/mol. The summed E-state index contributed by atoms with van der Waals surface area (Å²) in [6.07, 6.45) is -0.809. The number of rotatable bonds is 6. The van der Waals surface area contributed by atoms with Crippen LogP contribution in [-0.2, 0) is 16.1 Å². The first-order valence-electron chi connectivity index (χ1n) is 7.25. The summed E-state index contributed by atoms with van der Waals surface area (Å²) in [5.74, 6) is -0.462. The second-order valence-electron chi connectivity index (χ2n) is 5.19. The molecule has 116 valence electrons. The summed E-state index contributed by atoms with van der Waals surface area (Å²) in [7, 11) is 1.31. The van der Waals surface area contributed by atoms with Crippen LogP contribution < -0.4 is 5.32 Å². The van der Waals surface area contributed by atoms with Gasteiger partial charge < -0.3 is 9.84 Å². The van der Waals surface area contributed by atoms with Gasteiger partial charge in [-0.15, -0.1) is 0 Å². The maximum absolute atomic E-state index is 11.6. The Bertz CT molecular complexity index is 593. The molecule has 0 bridgehead atoms. The molecular formula is C18H21NO3. The molecule has 2 atom stereocenters. The van der Waals surface area contributed by atoms with E-state index >= 15 is 0 Å². The third-order valence-electron chi connectivity index (χ3n) is 3.52. The van der Waals surface area contributed by atoms with Gasteiger partial charge in [-0.1, -0.05) is 54.6 Å². The quantitative estimate of drug-likeness (QED) is 0.804. The summed E-state index contributed by atoms with van der Waals surface area (Å²) in [6, 6.07) is 17.5. The number of carbonyl (C=O) groups excluding carboxylic acids is 1. The third-order valence-corrected chi connectivity index (χ3v) is 3.52. The van der Waals surface area contributed by atoms with Gasteiger partial charge in [0.05, 0.1) is 13.2 Å². The summed E-state index contributed by atoms with van der Waals surface area (Å²) < 4.78 is 4.68. The Kier molecular flexibility index (Phi) is 5.69. The predicted molar refractivity (Wildman–Crippen MR) is 86.2 cm³/mol. The summed E-state index contributed by atoms with van der Waals surface area (Å²) >= 11 is 0. The van der Waals surface area contributed by atoms with Gasteiger partial charge in [-0.05, 0) is 23.6 Å². The molecule has 0 aliphatic rings. The van der Waals surface area contributed by atoms with Gasteiger partial charge in [0.25, 0.3) is 0 Å². The molecular weight excluding hydrogens is 278 g/mol. The zero-order valence-electron chi connectivity index (χ0n) is 12.8. The molecule has 0 fully saturated rings. The molecule has 22 heavy (non-hydrogen) atoms. The van der Waals surface area contributed by atoms with Gasteiger partial charge in [-0.25, -0.2) is 0 Å². The number of methoxy groups -OCH3 is 1. The Balaban J connectivity index is 2.01. The van der Waals surface area contributed by atoms with Crippen LogP contribution >= 0.6 is 0 Å². The maximum Gasteiger partial charge on any atom is 0.325 e. The molecule has 0 saturated carbocycles. The highest BCUT2D eigenvalue weighted by atomic mass is 16.5. The Morgan fingerprint density at radius 1 is 1.09 bits per heavy atom. The van der Waals surface area contributed by atoms with Gasteiger partial charge >= 0.3 is 5.97 Å². The smallest absolute Gasteiger partial charge is 0.325 e. The second kappa shape index (κ2) is 7.73. The molecule has 0 amide bonds. The highest BCUT2D eigenvalue weighted by molar-refractivity contribution is 5.76. The van der Waals surface area contributed by atoms with Crippen LogP contribution in [0.15, 0.2) is 54.6 Å². The first-order valence-corrected chi connectivity index (χ1v) is 7.25. The number of carbonyl (C=O) groups is 1. The lowest BCUT2D eigenvalue weighted by molar-refractivity contribution is -0.145. The molecule has 4 heteroatoms. The Labute approximate surface area is 130 Å². The van der Waals surface area contributed by atoms with Crippen LogP contribution in [0.25, 0.3) is 11.1 Å². The van der Waals surface area contributed by atoms with Crippen molar-refractivity contribution in [3.05, 3.63) is 60.2 Å². The normalized spacial score (nSPS) is 13.4. The van der Waals surface area contributed by atoms with Crippen LogP contribution in [0.3, 0.4) is 0 Å². The van der Waals surface area contributed by atoms with Crippen molar-refractivity contribution >= 4 is 5.97 Å². The largest absolute Gasteiger partial charge is 0.468 e. The van der Waals surface area contributed by atoms with Crippen molar-refractivity contribution in [2.75, 3.05) is 7.11 Å². The van der Waals surface area contributed by atoms with Crippen molar-refractivity contribution < 1.29 is 14.6 Å². The van der Waals surface area contributed by atoms with Crippen molar-refractivity contribution in [2.24, 2.45) is 0 Å². The van der Waals surface area contributed by atoms with Crippen LogP contribution in [0, 0.1) is 0 Å². The Morgan fingerprint density at radius 3 is 2.23 bits per heavy atom. The molecule has 2 rings (SSSR count). The van der Waals surface area contributed by atoms with Crippen molar-refractivity contribution in [2.45, 2.75) is 25.6 Å². The lowest BCUT2D eigenvalue weighted by Crippen LogP contribution is -2.45. The summed E-state index contributed by atoms with van der Waals surface area (Å²) in [6.45, 7) is 2.05. The third kappa shape index (κ3) is 4.16. The molecule has 0 aliphatic carbocycles. The Hall–Kier alpha value is -2.17. The fourth-order valence-corrected chi connectivity index (χ4v) is 2.25. The van der Waals surface area contributed by atoms with E-state index in [1.54, 1.807) is 6.92 Å². The fourth-order valence-electron chi connectivity index (χ4n) is 2.25. The van der Waals surface area contributed by atoms with Gasteiger partial charge in [0.2, 0.25) is 0 Å². The van der Waals surface area contributed by atoms with E-state index in [9.17, 15) is 9.90 Å². The summed E-state index contributed by atoms with van der Waals surface area (Å²) in [4.78, 5) is 11.6. The first-order chi connectivity index (χ1) is 10.6. The van der Waals surface area contributed by atoms with Gasteiger partial charge in [0.15, 0.2) is 0 Å². The average Bonchev–Trinajstić information content (AvgIpc) is 2.56. The molecule has 4 nitrogen and oxygen atoms in total. The molecule has 0 heterocycles. The summed E-state index contributed by atoms with van der Waals surface area (Å²) in [5.41, 5.74) is 3.34. The lowest BCUT2D eigenvalue weighted by atomic mass is 10.0. The number of hydrogen-bond acceptors (Lipinski definition) is 4. The maximum atomic E-state index is 11.6. The number of hydrogen-bond donors (Lipinski definition) is 2. The highest BCUT2D eigenvalue weighted by Crippen LogP contribution is 2.19. The van der Waals surface area contributed by atoms with Gasteiger partial charge in [-0.2, -0.15) is 0 Å². The molecule has 0 saturated heterocycles. The predicted octanol–water partition coefficient (Wildman–Crippen LogP) is 2.37. The van der Waals surface area contributed by atoms with Crippen molar-refractivity contribution in [3.63, 3.8) is 0 Å². The van der Waals surface area contributed by atoms with Crippen molar-refractivity contribution in [1.29, 1.82) is 0 Å². The van der Waals surface area contributed by atoms with Gasteiger partial charge in [-0.3, -0.25) is 10.1 Å². The van der Waals surface area contributed by atoms with E-state index in [1.807, 2.05) is 42.5 Å². The van der Waals surface area contributed by atoms with E-state index in [0.29, 0.717) is 6.54 Å². The highest BCUT2D eigenvalue weighted by Gasteiger charge is 2.23. The minimum atomic E-state index is -0.809. The molecule has 0 radical (unpaired) electrons. The number of aliphatic hydroxyl groups is 1. The van der Waals surface area contributed by atoms with Crippen LogP contribution in [0.4, 0.5) is 0 Å². The van der Waals surface area contributed by atoms with Crippen LogP contribution in [0.5, 0.6) is 0 Å². The number of aliphatic hydroxyl groups excluding tert-OH is 1. The molecule has 2 unspecified atom stereocenters. The standard InChI is InChI=1S/C18H21NO3/c1-13(20)17(18(21)22-2)19-12-14-8-10-16(11-9-14)15-6-4-3-5-7-15/h3-11,13,17,19-20H,12H2,1-2H3. The Morgan fingerprint density at radius 2 is 1.68 bits per heavy atom. The van der Waals surface area contributed by atoms with Crippen molar-refractivity contribution in [3.8, 4) is 11.1 Å². The van der Waals surface area contributed by atoms with Crippen LogP contribution in [-0.4, -0.2) is 30.3 Å². The molecule has 0 aliphatic heterocycles. The van der Waals surface area contributed by atoms with Crippen LogP contribution in [0.1, 0.15) is 12.5 Å². The molecule has 2 N–H and O–H groups in total. The number of nitrogens with one attached hydrogen (secondary N) is 1. The first kappa shape index (κ1) is 16.2. The zero-order valence-corrected chi connectivity index (χ0v) is 12.8. The zero-order chi connectivity index (χ0) is 15.9. The monoisotopic (exact) mass is 299 g/mol. The number of ether oxygens (including phenoxy) is 1. The van der Waals surface area contributed by atoms with Crippen LogP contribution in [0.2, 0.25) is 0 Å². The molecule has 0 aromatic heterocycles. The molecule has 2 aromatic rings. The minimum absolute atomic E-state index is 0.462. The van der Waals surface area contributed by atoms with E-state index in [4.69, 9.17) is 0 Å². The van der Waals surface area contributed by atoms with E-state index in [2.05, 4.69) is 22.2 Å². The summed E-state index contributed by atoms with van der Waals surface area (Å²) in [5, 5.41) is 12.6. The van der Waals surface area contributed by atoms with E-state index < -0.39 is 18.1 Å². The number of benzene rings is 2. The van der Waals surface area contributed by atoms with E-state index in [1.165, 1.54) is 12.7 Å². The van der Waals surface area contributed by atoms with E-state index in [0.717, 1.165) is 11.1 Å². The van der Waals surface area contributed by atoms with Gasteiger partial charge in [0, 0.05) is 6.54 Å². The molecule has 0 spiro atoms. The minimum Gasteiger partial charge on any atom is -0.468 e. The fraction of sp³-hybridized carbons (Fsp3) is 0.278. The van der Waals surface area contributed by atoms with E-state index in [-0.39, 0.29) is 0 Å². The number of esters is 1. The van der Waals surface area contributed by atoms with Crippen molar-refractivity contribution in [1.82, 2.24) is 5.32 Å².